The number of methoxy groups -OCH3 is 1. The van der Waals surface area contributed by atoms with Gasteiger partial charge in [0.25, 0.3) is 10.0 Å². The van der Waals surface area contributed by atoms with Crippen LogP contribution >= 0.6 is 0 Å². The molecule has 41 heavy (non-hydrogen) atoms. The zero-order valence-corrected chi connectivity index (χ0v) is 24.9. The van der Waals surface area contributed by atoms with E-state index in [9.17, 15) is 18.0 Å². The van der Waals surface area contributed by atoms with E-state index in [1.54, 1.807) is 50.4 Å². The molecule has 0 bridgehead atoms. The van der Waals surface area contributed by atoms with Crippen LogP contribution in [0.5, 0.6) is 5.75 Å². The molecule has 0 unspecified atom stereocenters. The molecule has 0 aliphatic heterocycles. The fraction of sp³-hybridized carbons (Fsp3) is 0.355. The maximum absolute atomic E-state index is 15.0. The van der Waals surface area contributed by atoms with Gasteiger partial charge >= 0.3 is 0 Å². The average molecular weight is 584 g/mol. The summed E-state index contributed by atoms with van der Waals surface area (Å²) in [5.74, 6) is -1.16. The van der Waals surface area contributed by atoms with Gasteiger partial charge in [0.05, 0.1) is 17.7 Å². The van der Waals surface area contributed by atoms with E-state index in [0.29, 0.717) is 17.7 Å². The van der Waals surface area contributed by atoms with Crippen LogP contribution in [-0.2, 0) is 26.2 Å². The zero-order chi connectivity index (χ0) is 30.2. The summed E-state index contributed by atoms with van der Waals surface area (Å²) in [6.07, 6.45) is 0.985. The fourth-order valence-corrected chi connectivity index (χ4v) is 5.71. The Hall–Kier alpha value is -3.92. The summed E-state index contributed by atoms with van der Waals surface area (Å²) in [5, 5.41) is 2.93. The number of carbonyl (C=O) groups excluding carboxylic acids is 2. The van der Waals surface area contributed by atoms with Gasteiger partial charge in [-0.1, -0.05) is 55.8 Å². The van der Waals surface area contributed by atoms with E-state index in [1.807, 2.05) is 20.8 Å². The highest BCUT2D eigenvalue weighted by Gasteiger charge is 2.34. The number of para-hydroxylation sites is 1. The van der Waals surface area contributed by atoms with Gasteiger partial charge in [-0.3, -0.25) is 13.9 Å². The van der Waals surface area contributed by atoms with E-state index in [-0.39, 0.29) is 35.5 Å². The summed E-state index contributed by atoms with van der Waals surface area (Å²) in [7, 11) is -2.81. The average Bonchev–Trinajstić information content (AvgIpc) is 2.96. The Morgan fingerprint density at radius 3 is 2.15 bits per heavy atom. The number of anilines is 1. The smallest absolute Gasteiger partial charge is 0.264 e. The quantitative estimate of drug-likeness (QED) is 0.304. The van der Waals surface area contributed by atoms with Crippen molar-refractivity contribution in [2.45, 2.75) is 64.1 Å². The Balaban J connectivity index is 2.06. The first-order chi connectivity index (χ1) is 19.5. The Bertz CT molecular complexity index is 1430. The molecule has 3 rings (SSSR count). The fourth-order valence-electron chi connectivity index (χ4n) is 4.29. The third-order valence-corrected chi connectivity index (χ3v) is 8.68. The second kappa shape index (κ2) is 14.1. The number of nitrogens with zero attached hydrogens (tertiary/aromatic N) is 2. The van der Waals surface area contributed by atoms with Gasteiger partial charge in [0.15, 0.2) is 0 Å². The highest BCUT2D eigenvalue weighted by molar-refractivity contribution is 7.92. The van der Waals surface area contributed by atoms with Gasteiger partial charge in [0.2, 0.25) is 11.8 Å². The van der Waals surface area contributed by atoms with Crippen LogP contribution < -0.4 is 14.4 Å². The molecule has 0 aliphatic carbocycles. The number of hydrogen-bond acceptors (Lipinski definition) is 5. The Morgan fingerprint density at radius 1 is 0.951 bits per heavy atom. The van der Waals surface area contributed by atoms with Crippen molar-refractivity contribution in [2.24, 2.45) is 0 Å². The Labute approximate surface area is 242 Å². The van der Waals surface area contributed by atoms with E-state index in [0.717, 1.165) is 15.9 Å². The molecule has 10 heteroatoms. The van der Waals surface area contributed by atoms with Crippen LogP contribution in [0, 0.1) is 12.7 Å². The first kappa shape index (κ1) is 31.6. The molecule has 0 aromatic heterocycles. The number of nitrogens with one attached hydrogen (secondary N) is 1. The molecule has 0 aliphatic rings. The maximum atomic E-state index is 15.0. The van der Waals surface area contributed by atoms with E-state index in [1.165, 1.54) is 35.2 Å². The molecule has 3 aromatic carbocycles. The van der Waals surface area contributed by atoms with Gasteiger partial charge in [0, 0.05) is 12.6 Å². The van der Waals surface area contributed by atoms with Crippen molar-refractivity contribution in [3.63, 3.8) is 0 Å². The minimum atomic E-state index is -4.35. The summed E-state index contributed by atoms with van der Waals surface area (Å²) >= 11 is 0. The second-order valence-corrected chi connectivity index (χ2v) is 11.8. The van der Waals surface area contributed by atoms with E-state index in [2.05, 4.69) is 5.32 Å². The van der Waals surface area contributed by atoms with Crippen LogP contribution in [0.1, 0.15) is 44.7 Å². The number of sulfonamides is 1. The second-order valence-electron chi connectivity index (χ2n) is 9.89. The van der Waals surface area contributed by atoms with Crippen molar-refractivity contribution in [2.75, 3.05) is 18.0 Å². The number of hydrogen-bond donors (Lipinski definition) is 1. The number of ether oxygens (including phenoxy) is 1. The molecule has 0 saturated heterocycles. The third-order valence-electron chi connectivity index (χ3n) is 6.91. The molecule has 0 fully saturated rings. The zero-order valence-electron chi connectivity index (χ0n) is 24.1. The molecule has 220 valence electrons. The number of rotatable bonds is 13. The van der Waals surface area contributed by atoms with Gasteiger partial charge in [-0.2, -0.15) is 0 Å². The monoisotopic (exact) mass is 583 g/mol. The van der Waals surface area contributed by atoms with Crippen LogP contribution in [0.3, 0.4) is 0 Å². The predicted molar refractivity (Wildman–Crippen MR) is 158 cm³/mol. The summed E-state index contributed by atoms with van der Waals surface area (Å²) in [4.78, 5) is 28.7. The van der Waals surface area contributed by atoms with Crippen molar-refractivity contribution < 1.29 is 27.1 Å². The standard InChI is InChI=1S/C31H38FN3O5S/c1-6-23(4)33-31(37)28(7-2)34(20-24-14-16-25(40-5)17-15-24)30(36)21-35(29-11-9-8-10-27(29)32)41(38,39)26-18-12-22(3)13-19-26/h8-19,23,28H,6-7,20-21H2,1-5H3,(H,33,37)/t23-,28+/m0/s1. The molecule has 0 radical (unpaired) electrons. The number of amides is 2. The van der Waals surface area contributed by atoms with Gasteiger partial charge in [-0.15, -0.1) is 0 Å². The molecule has 3 aromatic rings. The lowest BCUT2D eigenvalue weighted by Gasteiger charge is -2.33. The molecule has 0 heterocycles. The number of carbonyl (C=O) groups is 2. The molecule has 1 N–H and O–H groups in total. The van der Waals surface area contributed by atoms with Crippen molar-refractivity contribution >= 4 is 27.5 Å². The molecule has 0 spiro atoms. The van der Waals surface area contributed by atoms with Crippen LogP contribution in [0.15, 0.2) is 77.7 Å². The highest BCUT2D eigenvalue weighted by Crippen LogP contribution is 2.27. The molecule has 2 atom stereocenters. The van der Waals surface area contributed by atoms with Gasteiger partial charge in [0.1, 0.15) is 24.2 Å². The largest absolute Gasteiger partial charge is 0.497 e. The molecule has 2 amide bonds. The number of benzene rings is 3. The highest BCUT2D eigenvalue weighted by atomic mass is 32.2. The minimum absolute atomic E-state index is 0.0327. The summed E-state index contributed by atoms with van der Waals surface area (Å²) in [6.45, 7) is 6.74. The van der Waals surface area contributed by atoms with Crippen LogP contribution in [0.25, 0.3) is 0 Å². The van der Waals surface area contributed by atoms with E-state index >= 15 is 4.39 Å². The van der Waals surface area contributed by atoms with Crippen molar-refractivity contribution in [3.8, 4) is 5.75 Å². The lowest BCUT2D eigenvalue weighted by molar-refractivity contribution is -0.140. The third kappa shape index (κ3) is 7.85. The Kier molecular flexibility index (Phi) is 10.9. The van der Waals surface area contributed by atoms with Crippen LogP contribution in [-0.4, -0.2) is 50.9 Å². The van der Waals surface area contributed by atoms with E-state index in [4.69, 9.17) is 4.74 Å². The maximum Gasteiger partial charge on any atom is 0.264 e. The van der Waals surface area contributed by atoms with Crippen molar-refractivity contribution in [1.29, 1.82) is 0 Å². The van der Waals surface area contributed by atoms with E-state index < -0.39 is 34.3 Å². The SMILES string of the molecule is CC[C@H](C(=O)N[C@@H](C)CC)N(Cc1ccc(OC)cc1)C(=O)CN(c1ccccc1F)S(=O)(=O)c1ccc(C)cc1. The molecular formula is C31H38FN3O5S. The number of halogens is 1. The van der Waals surface area contributed by atoms with Crippen LogP contribution in [0.2, 0.25) is 0 Å². The molecular weight excluding hydrogens is 545 g/mol. The minimum Gasteiger partial charge on any atom is -0.497 e. The topological polar surface area (TPSA) is 96.0 Å². The summed E-state index contributed by atoms with van der Waals surface area (Å²) in [5.41, 5.74) is 1.30. The first-order valence-corrected chi connectivity index (χ1v) is 15.0. The van der Waals surface area contributed by atoms with Crippen molar-refractivity contribution in [3.05, 3.63) is 89.7 Å². The summed E-state index contributed by atoms with van der Waals surface area (Å²) < 4.78 is 48.7. The molecule has 0 saturated carbocycles. The first-order valence-electron chi connectivity index (χ1n) is 13.6. The Morgan fingerprint density at radius 2 is 1.59 bits per heavy atom. The summed E-state index contributed by atoms with van der Waals surface area (Å²) in [6, 6.07) is 17.5. The lowest BCUT2D eigenvalue weighted by Crippen LogP contribution is -2.53. The lowest BCUT2D eigenvalue weighted by atomic mass is 10.1. The van der Waals surface area contributed by atoms with Gasteiger partial charge < -0.3 is 15.0 Å². The molecule has 8 nitrogen and oxygen atoms in total. The van der Waals surface area contributed by atoms with Crippen LogP contribution in [0.4, 0.5) is 10.1 Å². The van der Waals surface area contributed by atoms with Gasteiger partial charge in [-0.25, -0.2) is 12.8 Å². The van der Waals surface area contributed by atoms with Crippen molar-refractivity contribution in [1.82, 2.24) is 10.2 Å². The predicted octanol–water partition coefficient (Wildman–Crippen LogP) is 5.06. The normalized spacial score (nSPS) is 12.7. The number of aryl methyl sites for hydroxylation is 1. The van der Waals surface area contributed by atoms with Gasteiger partial charge in [-0.05, 0) is 68.7 Å².